The zero-order valence-corrected chi connectivity index (χ0v) is 13.5. The monoisotopic (exact) mass is 320 g/mol. The van der Waals surface area contributed by atoms with Crippen LogP contribution in [0.3, 0.4) is 0 Å². The molecule has 9 heteroatoms. The first-order valence-corrected chi connectivity index (χ1v) is 7.66. The van der Waals surface area contributed by atoms with Crippen molar-refractivity contribution in [1.29, 1.82) is 0 Å². The quantitative estimate of drug-likeness (QED) is 0.677. The summed E-state index contributed by atoms with van der Waals surface area (Å²) in [6, 6.07) is 3.56. The van der Waals surface area contributed by atoms with Gasteiger partial charge in [-0.05, 0) is 50.3 Å². The molecule has 3 heterocycles. The Morgan fingerprint density at radius 1 is 1.32 bits per heavy atom. The normalized spacial score (nSPS) is 13.5. The van der Waals surface area contributed by atoms with Crippen molar-refractivity contribution < 1.29 is 8.94 Å². The van der Waals surface area contributed by atoms with E-state index in [9.17, 15) is 0 Å². The smallest absolute Gasteiger partial charge is 0.240 e. The number of thioether (sulfide) groups is 1. The number of nitrogens with zero attached hydrogens (tertiary/aromatic N) is 6. The molecule has 0 spiro atoms. The van der Waals surface area contributed by atoms with Crippen LogP contribution in [0.2, 0.25) is 0 Å². The van der Waals surface area contributed by atoms with Crippen molar-refractivity contribution in [2.45, 2.75) is 43.6 Å². The molecule has 0 radical (unpaired) electrons. The molecule has 1 unspecified atom stereocenters. The van der Waals surface area contributed by atoms with Crippen LogP contribution in [-0.4, -0.2) is 30.3 Å². The third kappa shape index (κ3) is 2.89. The number of hydrogen-bond donors (Lipinski definition) is 0. The molecule has 0 fully saturated rings. The lowest BCUT2D eigenvalue weighted by atomic mass is 10.1. The van der Waals surface area contributed by atoms with E-state index < -0.39 is 0 Å². The van der Waals surface area contributed by atoms with E-state index in [4.69, 9.17) is 8.94 Å². The fourth-order valence-electron chi connectivity index (χ4n) is 1.79. The van der Waals surface area contributed by atoms with E-state index in [-0.39, 0.29) is 10.8 Å². The van der Waals surface area contributed by atoms with E-state index in [1.165, 1.54) is 11.8 Å². The Bertz CT molecular complexity index is 743. The molecule has 0 aromatic carbocycles. The minimum Gasteiger partial charge on any atom is -0.461 e. The molecule has 0 bridgehead atoms. The zero-order chi connectivity index (χ0) is 15.7. The molecule has 116 valence electrons. The van der Waals surface area contributed by atoms with Crippen molar-refractivity contribution >= 4 is 11.8 Å². The second-order valence-corrected chi connectivity index (χ2v) is 7.05. The summed E-state index contributed by atoms with van der Waals surface area (Å²) in [7, 11) is 0. The van der Waals surface area contributed by atoms with E-state index in [1.807, 2.05) is 27.7 Å². The van der Waals surface area contributed by atoms with Crippen LogP contribution in [0.15, 0.2) is 32.5 Å². The molecule has 0 aliphatic heterocycles. The molecule has 8 nitrogen and oxygen atoms in total. The molecule has 22 heavy (non-hydrogen) atoms. The van der Waals surface area contributed by atoms with E-state index in [0.29, 0.717) is 22.6 Å². The number of furan rings is 1. The molecule has 3 aromatic rings. The van der Waals surface area contributed by atoms with E-state index >= 15 is 0 Å². The molecule has 0 saturated carbocycles. The maximum Gasteiger partial charge on any atom is 0.240 e. The van der Waals surface area contributed by atoms with Crippen molar-refractivity contribution in [3.8, 4) is 11.6 Å². The number of tetrazole rings is 1. The average molecular weight is 320 g/mol. The second-order valence-electron chi connectivity index (χ2n) is 5.74. The van der Waals surface area contributed by atoms with E-state index in [1.54, 1.807) is 23.1 Å². The lowest BCUT2D eigenvalue weighted by molar-refractivity contribution is 0.320. The molecule has 1 atom stereocenters. The molecule has 0 N–H and O–H groups in total. The summed E-state index contributed by atoms with van der Waals surface area (Å²) in [4.78, 5) is 4.35. The van der Waals surface area contributed by atoms with Gasteiger partial charge >= 0.3 is 0 Å². The van der Waals surface area contributed by atoms with Crippen molar-refractivity contribution in [2.75, 3.05) is 0 Å². The third-order valence-electron chi connectivity index (χ3n) is 2.89. The lowest BCUT2D eigenvalue weighted by Crippen LogP contribution is -2.24. The predicted molar refractivity (Wildman–Crippen MR) is 79.1 cm³/mol. The molecular weight excluding hydrogens is 304 g/mol. The summed E-state index contributed by atoms with van der Waals surface area (Å²) in [6.45, 7) is 8.09. The number of hydrogen-bond acceptors (Lipinski definition) is 8. The summed E-state index contributed by atoms with van der Waals surface area (Å²) in [6.07, 6.45) is 1.57. The van der Waals surface area contributed by atoms with Crippen LogP contribution in [0.25, 0.3) is 11.6 Å². The first-order chi connectivity index (χ1) is 10.4. The van der Waals surface area contributed by atoms with Gasteiger partial charge in [0.25, 0.3) is 0 Å². The summed E-state index contributed by atoms with van der Waals surface area (Å²) in [5.74, 6) is 1.51. The predicted octanol–water partition coefficient (Wildman–Crippen LogP) is 2.92. The molecule has 0 amide bonds. The Morgan fingerprint density at radius 2 is 2.14 bits per heavy atom. The zero-order valence-electron chi connectivity index (χ0n) is 12.7. The summed E-state index contributed by atoms with van der Waals surface area (Å²) in [5, 5.41) is 16.4. The van der Waals surface area contributed by atoms with Crippen LogP contribution in [0.1, 0.15) is 38.8 Å². The highest BCUT2D eigenvalue weighted by Gasteiger charge is 2.24. The van der Waals surface area contributed by atoms with Gasteiger partial charge in [-0.25, -0.2) is 4.68 Å². The molecule has 3 rings (SSSR count). The summed E-state index contributed by atoms with van der Waals surface area (Å²) >= 11 is 1.47. The first kappa shape index (κ1) is 14.8. The fraction of sp³-hybridized carbons (Fsp3) is 0.462. The van der Waals surface area contributed by atoms with E-state index in [2.05, 4.69) is 25.7 Å². The SMILES string of the molecule is CC(Sc1nnnn1C(C)(C)C)c1nc(-c2ccco2)no1. The topological polar surface area (TPSA) is 95.7 Å². The van der Waals surface area contributed by atoms with Gasteiger partial charge in [-0.3, -0.25) is 0 Å². The van der Waals surface area contributed by atoms with Crippen molar-refractivity contribution in [2.24, 2.45) is 0 Å². The van der Waals surface area contributed by atoms with Crippen LogP contribution < -0.4 is 0 Å². The number of rotatable bonds is 4. The van der Waals surface area contributed by atoms with Gasteiger partial charge in [-0.1, -0.05) is 16.9 Å². The molecule has 0 saturated heterocycles. The van der Waals surface area contributed by atoms with Crippen molar-refractivity contribution in [3.63, 3.8) is 0 Å². The van der Waals surface area contributed by atoms with Gasteiger partial charge < -0.3 is 8.94 Å². The largest absolute Gasteiger partial charge is 0.461 e. The van der Waals surface area contributed by atoms with Crippen LogP contribution in [0.5, 0.6) is 0 Å². The molecule has 3 aromatic heterocycles. The maximum atomic E-state index is 5.30. The van der Waals surface area contributed by atoms with Crippen LogP contribution in [0.4, 0.5) is 0 Å². The van der Waals surface area contributed by atoms with Crippen LogP contribution >= 0.6 is 11.8 Å². The van der Waals surface area contributed by atoms with Gasteiger partial charge in [-0.2, -0.15) is 4.98 Å². The fourth-order valence-corrected chi connectivity index (χ4v) is 2.79. The minimum atomic E-state index is -0.195. The lowest BCUT2D eigenvalue weighted by Gasteiger charge is -2.19. The Balaban J connectivity index is 1.78. The highest BCUT2D eigenvalue weighted by molar-refractivity contribution is 7.99. The molecule has 0 aliphatic carbocycles. The summed E-state index contributed by atoms with van der Waals surface area (Å²) < 4.78 is 12.3. The van der Waals surface area contributed by atoms with Gasteiger partial charge in [0.1, 0.15) is 0 Å². The van der Waals surface area contributed by atoms with Gasteiger partial charge in [-0.15, -0.1) is 5.10 Å². The highest BCUT2D eigenvalue weighted by Crippen LogP contribution is 2.34. The van der Waals surface area contributed by atoms with Gasteiger partial charge in [0.15, 0.2) is 5.76 Å². The first-order valence-electron chi connectivity index (χ1n) is 6.78. The summed E-state index contributed by atoms with van der Waals surface area (Å²) in [5.41, 5.74) is -0.195. The average Bonchev–Trinajstić information content (AvgIpc) is 3.18. The Kier molecular flexibility index (Phi) is 3.73. The highest BCUT2D eigenvalue weighted by atomic mass is 32.2. The van der Waals surface area contributed by atoms with Crippen molar-refractivity contribution in [3.05, 3.63) is 24.3 Å². The maximum absolute atomic E-state index is 5.30. The minimum absolute atomic E-state index is 0.0803. The standard InChI is InChI=1S/C13H16N6O2S/c1-8(22-12-15-17-18-19(12)13(2,3)4)11-14-10(16-21-11)9-6-5-7-20-9/h5-8H,1-4H3. The third-order valence-corrected chi connectivity index (χ3v) is 3.91. The van der Waals surface area contributed by atoms with Gasteiger partial charge in [0.05, 0.1) is 17.1 Å². The Labute approximate surface area is 131 Å². The Morgan fingerprint density at radius 3 is 2.82 bits per heavy atom. The Hall–Kier alpha value is -2.16. The van der Waals surface area contributed by atoms with Crippen molar-refractivity contribution in [1.82, 2.24) is 30.3 Å². The molecule has 0 aliphatic rings. The van der Waals surface area contributed by atoms with Gasteiger partial charge in [0, 0.05) is 0 Å². The van der Waals surface area contributed by atoms with Gasteiger partial charge in [0.2, 0.25) is 16.9 Å². The molecular formula is C13H16N6O2S. The van der Waals surface area contributed by atoms with Crippen LogP contribution in [-0.2, 0) is 5.54 Å². The van der Waals surface area contributed by atoms with E-state index in [0.717, 1.165) is 0 Å². The van der Waals surface area contributed by atoms with Crippen LogP contribution in [0, 0.1) is 0 Å². The number of aromatic nitrogens is 6. The second kappa shape index (κ2) is 5.56.